The Hall–Kier alpha value is -11.5. The molecule has 21 nitrogen and oxygen atoms in total. The van der Waals surface area contributed by atoms with Crippen LogP contribution in [-0.4, -0.2) is 105 Å². The van der Waals surface area contributed by atoms with Crippen molar-refractivity contribution in [3.05, 3.63) is 285 Å². The minimum absolute atomic E-state index is 0.00174. The van der Waals surface area contributed by atoms with Crippen molar-refractivity contribution in [3.8, 4) is 34.5 Å². The van der Waals surface area contributed by atoms with E-state index in [0.717, 1.165) is 33.4 Å². The molecule has 9 aromatic rings. The van der Waals surface area contributed by atoms with Gasteiger partial charge in [-0.15, -0.1) is 0 Å². The lowest BCUT2D eigenvalue weighted by atomic mass is 10.1. The van der Waals surface area contributed by atoms with Crippen LogP contribution in [0.5, 0.6) is 34.5 Å². The highest BCUT2D eigenvalue weighted by molar-refractivity contribution is 6.05. The smallest absolute Gasteiger partial charge is 0.256 e. The summed E-state index contributed by atoms with van der Waals surface area (Å²) in [7, 11) is 0. The maximum absolute atomic E-state index is 14.9. The molecule has 1 aliphatic rings. The van der Waals surface area contributed by atoms with Crippen molar-refractivity contribution in [1.29, 1.82) is 0 Å². The lowest BCUT2D eigenvalue weighted by molar-refractivity contribution is 0.0906. The second-order valence-electron chi connectivity index (χ2n) is 23.6. The SMILES string of the molecule is NCCNC(=O)c1ccc(C(=O)NC(N)CN2CCNC(=O)c3ccc(c(OCc4ccccc4)c3OCc3ccccc3)C(=O)NCCCCCNC(=O)c3ccc(c(OCc4ccccc4)c3OCc3ccccc3)C(=O)NCC2)c(OCc2ccccc2)c1OCc1ccccc1. The van der Waals surface area contributed by atoms with Crippen LogP contribution in [0.3, 0.4) is 0 Å². The maximum atomic E-state index is 14.9. The van der Waals surface area contributed by atoms with E-state index in [-0.39, 0.29) is 166 Å². The molecule has 6 amide bonds. The topological polar surface area (TPSA) is 285 Å². The van der Waals surface area contributed by atoms with Gasteiger partial charge < -0.3 is 71.8 Å². The fourth-order valence-electron chi connectivity index (χ4n) is 11.0. The van der Waals surface area contributed by atoms with Gasteiger partial charge in [0, 0.05) is 58.9 Å². The number of nitrogens with zero attached hydrogens (tertiary/aromatic N) is 1. The largest absolute Gasteiger partial charge is 0.484 e. The zero-order chi connectivity index (χ0) is 69.7. The van der Waals surface area contributed by atoms with Crippen LogP contribution in [0.15, 0.2) is 218 Å². The predicted octanol–water partition coefficient (Wildman–Crippen LogP) is 9.67. The van der Waals surface area contributed by atoms with E-state index in [4.69, 9.17) is 39.9 Å². The molecular formula is C79H83N9O12. The van der Waals surface area contributed by atoms with Gasteiger partial charge in [0.2, 0.25) is 0 Å². The van der Waals surface area contributed by atoms with Crippen LogP contribution < -0.4 is 71.8 Å². The van der Waals surface area contributed by atoms with Crippen molar-refractivity contribution in [3.63, 3.8) is 0 Å². The van der Waals surface area contributed by atoms with Gasteiger partial charge in [0.05, 0.1) is 39.5 Å². The van der Waals surface area contributed by atoms with E-state index in [2.05, 4.69) is 31.9 Å². The number of benzene rings is 9. The molecule has 1 atom stereocenters. The van der Waals surface area contributed by atoms with E-state index < -0.39 is 41.6 Å². The van der Waals surface area contributed by atoms with Crippen LogP contribution in [0, 0.1) is 0 Å². The second-order valence-corrected chi connectivity index (χ2v) is 23.6. The molecule has 0 aliphatic carbocycles. The molecule has 0 spiro atoms. The summed E-state index contributed by atoms with van der Waals surface area (Å²) in [6, 6.07) is 65.4. The molecule has 1 heterocycles. The standard InChI is InChI=1S/C79H83N9O12/c80-40-43-84-76(91)63-38-39-66(73(100-54-60-32-18-6-19-33-60)72(63)99-53-59-30-16-5-17-31-59)79(94)87-67(81)48-88-46-44-85-77(92)64-36-34-61(68(95-49-55-22-8-1-9-23-55)70(64)97-51-57-26-12-3-13-27-57)74(89)82-41-20-7-21-42-83-75(90)62-35-37-65(78(93)86-45-47-88)71(98-52-58-28-14-4-15-29-58)69(62)96-50-56-24-10-2-11-25-56/h1-6,8-19,22-39,67H,7,20-21,40-54,80-81H2,(H,82,89)(H,83,90)(H,84,91)(H,85,92)(H,86,93)(H,87,94). The lowest BCUT2D eigenvalue weighted by Crippen LogP contribution is -2.51. The molecule has 0 aromatic heterocycles. The van der Waals surface area contributed by atoms with Gasteiger partial charge in [-0.2, -0.15) is 0 Å². The molecule has 100 heavy (non-hydrogen) atoms. The molecule has 9 aromatic carbocycles. The van der Waals surface area contributed by atoms with Crippen molar-refractivity contribution >= 4 is 35.4 Å². The van der Waals surface area contributed by atoms with Gasteiger partial charge >= 0.3 is 0 Å². The van der Waals surface area contributed by atoms with Gasteiger partial charge in [-0.05, 0) is 89.0 Å². The first kappa shape index (κ1) is 71.3. The normalized spacial score (nSPS) is 13.7. The highest BCUT2D eigenvalue weighted by Crippen LogP contribution is 2.40. The van der Waals surface area contributed by atoms with E-state index in [1.807, 2.05) is 187 Å². The minimum Gasteiger partial charge on any atom is -0.484 e. The molecule has 1 aliphatic heterocycles. The summed E-state index contributed by atoms with van der Waals surface area (Å²) in [5.41, 5.74) is 18.1. The number of hydrogen-bond acceptors (Lipinski definition) is 15. The zero-order valence-electron chi connectivity index (χ0n) is 55.6. The van der Waals surface area contributed by atoms with Crippen molar-refractivity contribution in [2.75, 3.05) is 58.9 Å². The Bertz CT molecular complexity index is 3980. The molecule has 0 saturated heterocycles. The number of nitrogens with one attached hydrogen (secondary N) is 6. The van der Waals surface area contributed by atoms with Crippen LogP contribution in [0.1, 0.15) is 115 Å². The van der Waals surface area contributed by atoms with Gasteiger partial charge in [0.1, 0.15) is 39.6 Å². The Morgan fingerprint density at radius 1 is 0.370 bits per heavy atom. The molecule has 10 rings (SSSR count). The lowest BCUT2D eigenvalue weighted by Gasteiger charge is -2.27. The van der Waals surface area contributed by atoms with E-state index in [1.54, 1.807) is 12.1 Å². The first-order valence-corrected chi connectivity index (χ1v) is 33.4. The summed E-state index contributed by atoms with van der Waals surface area (Å²) in [5, 5.41) is 17.9. The number of hydrogen-bond donors (Lipinski definition) is 8. The molecule has 516 valence electrons. The Kier molecular flexibility index (Phi) is 26.6. The van der Waals surface area contributed by atoms with Crippen molar-refractivity contribution in [2.45, 2.75) is 65.1 Å². The molecule has 0 saturated carbocycles. The van der Waals surface area contributed by atoms with Crippen molar-refractivity contribution in [2.24, 2.45) is 11.5 Å². The van der Waals surface area contributed by atoms with Crippen LogP contribution in [0.2, 0.25) is 0 Å². The highest BCUT2D eigenvalue weighted by Gasteiger charge is 2.30. The van der Waals surface area contributed by atoms with Gasteiger partial charge in [0.15, 0.2) is 34.5 Å². The third kappa shape index (κ3) is 20.5. The number of fused-ring (bicyclic) bond motifs is 6. The van der Waals surface area contributed by atoms with Crippen LogP contribution >= 0.6 is 0 Å². The third-order valence-electron chi connectivity index (χ3n) is 16.2. The number of carbonyl (C=O) groups excluding carboxylic acids is 6. The van der Waals surface area contributed by atoms with Crippen LogP contribution in [0.25, 0.3) is 0 Å². The number of nitrogens with two attached hydrogens (primary N) is 2. The Labute approximate surface area is 581 Å². The molecule has 0 fully saturated rings. The Morgan fingerprint density at radius 3 is 0.950 bits per heavy atom. The van der Waals surface area contributed by atoms with Gasteiger partial charge in [-0.3, -0.25) is 33.7 Å². The molecule has 21 heteroatoms. The van der Waals surface area contributed by atoms with Gasteiger partial charge in [0.25, 0.3) is 35.4 Å². The number of rotatable bonds is 25. The summed E-state index contributed by atoms with van der Waals surface area (Å²) in [6.07, 6.45) is 0.629. The number of amides is 6. The van der Waals surface area contributed by atoms with Crippen molar-refractivity contribution in [1.82, 2.24) is 36.8 Å². The summed E-state index contributed by atoms with van der Waals surface area (Å²) >= 11 is 0. The van der Waals surface area contributed by atoms with E-state index in [1.165, 1.54) is 24.3 Å². The zero-order valence-corrected chi connectivity index (χ0v) is 55.6. The van der Waals surface area contributed by atoms with E-state index in [0.29, 0.717) is 19.3 Å². The predicted molar refractivity (Wildman–Crippen MR) is 380 cm³/mol. The fourth-order valence-corrected chi connectivity index (χ4v) is 11.0. The molecule has 0 radical (unpaired) electrons. The highest BCUT2D eigenvalue weighted by atomic mass is 16.5. The molecule has 4 bridgehead atoms. The summed E-state index contributed by atoms with van der Waals surface area (Å²) in [4.78, 5) is 89.0. The van der Waals surface area contributed by atoms with E-state index >= 15 is 0 Å². The number of carbonyl (C=O) groups is 6. The Morgan fingerprint density at radius 2 is 0.650 bits per heavy atom. The quantitative estimate of drug-likeness (QED) is 0.0247. The second kappa shape index (κ2) is 37.3. The monoisotopic (exact) mass is 1350 g/mol. The molecule has 10 N–H and O–H groups in total. The summed E-state index contributed by atoms with van der Waals surface area (Å²) < 4.78 is 39.1. The minimum atomic E-state index is -1.12. The van der Waals surface area contributed by atoms with Gasteiger partial charge in [-0.1, -0.05) is 182 Å². The fraction of sp³-hybridized carbons (Fsp3) is 0.241. The summed E-state index contributed by atoms with van der Waals surface area (Å²) in [5.74, 6) is -2.93. The first-order valence-electron chi connectivity index (χ1n) is 33.4. The Balaban J connectivity index is 0.981. The third-order valence-corrected chi connectivity index (χ3v) is 16.2. The van der Waals surface area contributed by atoms with Crippen molar-refractivity contribution < 1.29 is 57.2 Å². The number of ether oxygens (including phenoxy) is 6. The van der Waals surface area contributed by atoms with Crippen LogP contribution in [0.4, 0.5) is 0 Å². The van der Waals surface area contributed by atoms with Crippen LogP contribution in [-0.2, 0) is 39.6 Å². The average molecular weight is 1350 g/mol. The van der Waals surface area contributed by atoms with Gasteiger partial charge in [-0.25, -0.2) is 0 Å². The summed E-state index contributed by atoms with van der Waals surface area (Å²) in [6.45, 7) is 1.19. The molecular weight excluding hydrogens is 1270 g/mol. The first-order chi connectivity index (χ1) is 49.0. The maximum Gasteiger partial charge on any atom is 0.256 e. The molecule has 1 unspecified atom stereocenters. The average Bonchev–Trinajstić information content (AvgIpc) is 0.808. The van der Waals surface area contributed by atoms with E-state index in [9.17, 15) is 28.8 Å².